The number of amides is 2. The van der Waals surface area contributed by atoms with Crippen LogP contribution in [0.4, 0.5) is 15.8 Å². The number of rotatable bonds is 7. The first-order valence-corrected chi connectivity index (χ1v) is 9.66. The largest absolute Gasteiger partial charge is 0.478 e. The van der Waals surface area contributed by atoms with Crippen LogP contribution in [0.5, 0.6) is 0 Å². The predicted molar refractivity (Wildman–Crippen MR) is 112 cm³/mol. The van der Waals surface area contributed by atoms with E-state index in [0.29, 0.717) is 11.4 Å². The Balaban J connectivity index is 1.93. The van der Waals surface area contributed by atoms with Crippen LogP contribution in [0.1, 0.15) is 13.8 Å². The number of benzene rings is 2. The first-order valence-electron chi connectivity index (χ1n) is 8.41. The number of carbonyl (C=O) groups is 3. The normalized spacial score (nSPS) is 12.2. The lowest BCUT2D eigenvalue weighted by Gasteiger charge is -2.13. The van der Waals surface area contributed by atoms with Crippen LogP contribution in [0.25, 0.3) is 0 Å². The molecule has 0 spiro atoms. The zero-order valence-corrected chi connectivity index (χ0v) is 17.1. The van der Waals surface area contributed by atoms with Crippen LogP contribution >= 0.6 is 23.4 Å². The van der Waals surface area contributed by atoms with Gasteiger partial charge in [-0.25, -0.2) is 9.18 Å². The van der Waals surface area contributed by atoms with Gasteiger partial charge in [-0.15, -0.1) is 11.8 Å². The molecule has 152 valence electrons. The van der Waals surface area contributed by atoms with E-state index in [1.54, 1.807) is 31.2 Å². The van der Waals surface area contributed by atoms with Crippen LogP contribution in [-0.2, 0) is 14.4 Å². The maximum absolute atomic E-state index is 13.5. The first kappa shape index (κ1) is 22.4. The maximum Gasteiger partial charge on any atom is 0.331 e. The summed E-state index contributed by atoms with van der Waals surface area (Å²) in [6.45, 7) is 3.04. The molecule has 9 heteroatoms. The van der Waals surface area contributed by atoms with Gasteiger partial charge in [-0.1, -0.05) is 11.6 Å². The van der Waals surface area contributed by atoms with E-state index in [4.69, 9.17) is 16.7 Å². The molecule has 1 unspecified atom stereocenters. The zero-order chi connectivity index (χ0) is 21.6. The molecule has 2 rings (SSSR count). The van der Waals surface area contributed by atoms with Gasteiger partial charge in [-0.3, -0.25) is 9.59 Å². The van der Waals surface area contributed by atoms with Crippen molar-refractivity contribution in [2.75, 3.05) is 10.6 Å². The van der Waals surface area contributed by atoms with E-state index in [2.05, 4.69) is 10.6 Å². The van der Waals surface area contributed by atoms with Gasteiger partial charge in [0.1, 0.15) is 5.82 Å². The Morgan fingerprint density at radius 3 is 2.31 bits per heavy atom. The lowest BCUT2D eigenvalue weighted by atomic mass is 10.2. The van der Waals surface area contributed by atoms with Crippen LogP contribution in [0.3, 0.4) is 0 Å². The average Bonchev–Trinajstić information content (AvgIpc) is 2.66. The number of carbonyl (C=O) groups excluding carboxylic acids is 2. The average molecular weight is 437 g/mol. The van der Waals surface area contributed by atoms with Crippen LogP contribution in [-0.4, -0.2) is 28.1 Å². The number of aliphatic carboxylic acids is 1. The molecule has 1 atom stereocenters. The van der Waals surface area contributed by atoms with E-state index in [9.17, 15) is 18.8 Å². The minimum Gasteiger partial charge on any atom is -0.478 e. The van der Waals surface area contributed by atoms with Crippen molar-refractivity contribution in [1.82, 2.24) is 0 Å². The van der Waals surface area contributed by atoms with Crippen molar-refractivity contribution in [3.05, 3.63) is 65.0 Å². The molecular formula is C20H18ClFN2O4S. The molecular weight excluding hydrogens is 419 g/mol. The molecule has 0 aliphatic carbocycles. The molecule has 29 heavy (non-hydrogen) atoms. The molecule has 0 aliphatic heterocycles. The third-order valence-electron chi connectivity index (χ3n) is 3.68. The van der Waals surface area contributed by atoms with Gasteiger partial charge in [0.25, 0.3) is 0 Å². The van der Waals surface area contributed by atoms with Gasteiger partial charge < -0.3 is 15.7 Å². The van der Waals surface area contributed by atoms with Crippen molar-refractivity contribution in [3.8, 4) is 0 Å². The van der Waals surface area contributed by atoms with E-state index in [-0.39, 0.29) is 16.5 Å². The molecule has 2 aromatic carbocycles. The van der Waals surface area contributed by atoms with E-state index < -0.39 is 22.9 Å². The molecule has 0 saturated carbocycles. The van der Waals surface area contributed by atoms with Crippen LogP contribution in [0.2, 0.25) is 5.02 Å². The molecule has 0 heterocycles. The van der Waals surface area contributed by atoms with E-state index >= 15 is 0 Å². The monoisotopic (exact) mass is 436 g/mol. The Labute approximate surface area is 176 Å². The van der Waals surface area contributed by atoms with Crippen molar-refractivity contribution >= 4 is 52.5 Å². The van der Waals surface area contributed by atoms with E-state index in [1.807, 2.05) is 0 Å². The molecule has 3 N–H and O–H groups in total. The number of hydrogen-bond donors (Lipinski definition) is 3. The number of carboxylic acids is 1. The van der Waals surface area contributed by atoms with Crippen molar-refractivity contribution in [2.24, 2.45) is 0 Å². The fraction of sp³-hybridized carbons (Fsp3) is 0.150. The van der Waals surface area contributed by atoms with Crippen molar-refractivity contribution < 1.29 is 23.9 Å². The minimum atomic E-state index is -1.17. The quantitative estimate of drug-likeness (QED) is 0.436. The topological polar surface area (TPSA) is 95.5 Å². The Morgan fingerprint density at radius 2 is 1.72 bits per heavy atom. The number of thioether (sulfide) groups is 1. The number of halogens is 2. The summed E-state index contributed by atoms with van der Waals surface area (Å²) in [6.07, 6.45) is 0.997. The molecule has 2 aromatic rings. The summed E-state index contributed by atoms with van der Waals surface area (Å²) in [5.41, 5.74) is 0.727. The lowest BCUT2D eigenvalue weighted by Crippen LogP contribution is -2.22. The fourth-order valence-corrected chi connectivity index (χ4v) is 3.11. The molecule has 0 bridgehead atoms. The number of carboxylic acid groups (broad SMARTS) is 1. The molecule has 0 saturated heterocycles. The highest BCUT2D eigenvalue weighted by molar-refractivity contribution is 8.00. The standard InChI is InChI=1S/C20H18ClFN2O4S/c1-11(20(27)28)9-18(25)23-13-3-6-15(7-4-13)29-12(2)19(26)24-14-5-8-16(21)17(22)10-14/h3-10,12H,1-2H3,(H,23,25)(H,24,26)(H,27,28). The van der Waals surface area contributed by atoms with Crippen molar-refractivity contribution in [1.29, 1.82) is 0 Å². The third-order valence-corrected chi connectivity index (χ3v) is 5.09. The van der Waals surface area contributed by atoms with Gasteiger partial charge in [0.05, 0.1) is 10.3 Å². The fourth-order valence-electron chi connectivity index (χ4n) is 2.13. The molecule has 2 amide bonds. The molecule has 6 nitrogen and oxygen atoms in total. The Kier molecular flexibility index (Phi) is 7.81. The smallest absolute Gasteiger partial charge is 0.331 e. The highest BCUT2D eigenvalue weighted by atomic mass is 35.5. The van der Waals surface area contributed by atoms with Gasteiger partial charge in [0.15, 0.2) is 0 Å². The van der Waals surface area contributed by atoms with Crippen molar-refractivity contribution in [2.45, 2.75) is 24.0 Å². The first-order chi connectivity index (χ1) is 13.7. The molecule has 0 radical (unpaired) electrons. The van der Waals surface area contributed by atoms with Crippen LogP contribution < -0.4 is 10.6 Å². The molecule has 0 aliphatic rings. The Bertz CT molecular complexity index is 963. The Morgan fingerprint density at radius 1 is 1.10 bits per heavy atom. The zero-order valence-electron chi connectivity index (χ0n) is 15.5. The summed E-state index contributed by atoms with van der Waals surface area (Å²) in [5, 5.41) is 13.5. The highest BCUT2D eigenvalue weighted by Gasteiger charge is 2.15. The molecule has 0 fully saturated rings. The second-order valence-corrected chi connectivity index (χ2v) is 7.85. The van der Waals surface area contributed by atoms with Crippen LogP contribution in [0, 0.1) is 5.82 Å². The number of anilines is 2. The number of hydrogen-bond acceptors (Lipinski definition) is 4. The van der Waals surface area contributed by atoms with Crippen LogP contribution in [0.15, 0.2) is 59.0 Å². The van der Waals surface area contributed by atoms with Gasteiger partial charge >= 0.3 is 5.97 Å². The van der Waals surface area contributed by atoms with E-state index in [1.165, 1.54) is 30.8 Å². The second-order valence-electron chi connectivity index (χ2n) is 6.02. The predicted octanol–water partition coefficient (Wildman–Crippen LogP) is 4.57. The summed E-state index contributed by atoms with van der Waals surface area (Å²) < 4.78 is 13.5. The summed E-state index contributed by atoms with van der Waals surface area (Å²) in [4.78, 5) is 35.5. The summed E-state index contributed by atoms with van der Waals surface area (Å²) in [7, 11) is 0. The number of nitrogens with one attached hydrogen (secondary N) is 2. The highest BCUT2D eigenvalue weighted by Crippen LogP contribution is 2.26. The second kappa shape index (κ2) is 10.1. The van der Waals surface area contributed by atoms with Gasteiger partial charge in [0.2, 0.25) is 11.8 Å². The molecule has 0 aromatic heterocycles. The van der Waals surface area contributed by atoms with Crippen molar-refractivity contribution in [3.63, 3.8) is 0 Å². The summed E-state index contributed by atoms with van der Waals surface area (Å²) in [5.74, 6) is -2.63. The lowest BCUT2D eigenvalue weighted by molar-refractivity contribution is -0.132. The van der Waals surface area contributed by atoms with E-state index in [0.717, 1.165) is 17.0 Å². The SMILES string of the molecule is CC(=CC(=O)Nc1ccc(SC(C)C(=O)Nc2ccc(Cl)c(F)c2)cc1)C(=O)O. The van der Waals surface area contributed by atoms with Gasteiger partial charge in [-0.05, 0) is 56.3 Å². The summed E-state index contributed by atoms with van der Waals surface area (Å²) >= 11 is 6.91. The summed E-state index contributed by atoms with van der Waals surface area (Å²) in [6, 6.07) is 10.8. The maximum atomic E-state index is 13.5. The van der Waals surface area contributed by atoms with Gasteiger partial charge in [-0.2, -0.15) is 0 Å². The Hall–Kier alpha value is -2.84. The third kappa shape index (κ3) is 6.92. The minimum absolute atomic E-state index is 0.0220. The van der Waals surface area contributed by atoms with Gasteiger partial charge in [0, 0.05) is 27.9 Å².